The summed E-state index contributed by atoms with van der Waals surface area (Å²) in [6.07, 6.45) is 3.42. The molecule has 1 heterocycles. The zero-order valence-corrected chi connectivity index (χ0v) is 14.0. The first kappa shape index (κ1) is 18.0. The molecular formula is C15H24N2O5. The number of rotatable bonds is 5. The number of hydrogen-bond acceptors (Lipinski definition) is 7. The van der Waals surface area contributed by atoms with Gasteiger partial charge in [0.25, 0.3) is 0 Å². The molecule has 0 spiro atoms. The summed E-state index contributed by atoms with van der Waals surface area (Å²) in [6.45, 7) is 3.88. The summed E-state index contributed by atoms with van der Waals surface area (Å²) in [5.74, 6) is -1.66. The maximum absolute atomic E-state index is 11.9. The largest absolute Gasteiger partial charge is 0.474 e. The van der Waals surface area contributed by atoms with Gasteiger partial charge in [0.2, 0.25) is 5.76 Å². The SMILES string of the molecule is COC(=O)C1=CC(C(=O)OC)CC(/C=N/N(C)C)(C(C)C)O1. The Bertz CT molecular complexity index is 484. The van der Waals surface area contributed by atoms with Gasteiger partial charge in [-0.05, 0) is 12.0 Å². The summed E-state index contributed by atoms with van der Waals surface area (Å²) in [4.78, 5) is 23.8. The van der Waals surface area contributed by atoms with E-state index in [-0.39, 0.29) is 11.7 Å². The summed E-state index contributed by atoms with van der Waals surface area (Å²) in [7, 11) is 6.14. The number of hydrazone groups is 1. The summed E-state index contributed by atoms with van der Waals surface area (Å²) in [6, 6.07) is 0. The van der Waals surface area contributed by atoms with E-state index in [0.29, 0.717) is 6.42 Å². The van der Waals surface area contributed by atoms with E-state index in [1.165, 1.54) is 20.3 Å². The van der Waals surface area contributed by atoms with Gasteiger partial charge in [0, 0.05) is 20.5 Å². The van der Waals surface area contributed by atoms with Crippen LogP contribution < -0.4 is 0 Å². The molecule has 22 heavy (non-hydrogen) atoms. The van der Waals surface area contributed by atoms with Crippen LogP contribution in [0.1, 0.15) is 20.3 Å². The van der Waals surface area contributed by atoms with Crippen LogP contribution in [0.15, 0.2) is 16.9 Å². The van der Waals surface area contributed by atoms with Gasteiger partial charge in [-0.1, -0.05) is 13.8 Å². The van der Waals surface area contributed by atoms with Crippen molar-refractivity contribution in [3.05, 3.63) is 11.8 Å². The molecule has 0 aromatic carbocycles. The molecule has 0 aromatic heterocycles. The van der Waals surface area contributed by atoms with E-state index in [2.05, 4.69) is 5.10 Å². The molecule has 2 atom stereocenters. The van der Waals surface area contributed by atoms with Crippen LogP contribution in [-0.4, -0.2) is 57.1 Å². The third-order valence-electron chi connectivity index (χ3n) is 3.57. The van der Waals surface area contributed by atoms with Crippen molar-refractivity contribution < 1.29 is 23.8 Å². The Hall–Kier alpha value is -2.05. The fourth-order valence-electron chi connectivity index (χ4n) is 2.17. The maximum atomic E-state index is 11.9. The van der Waals surface area contributed by atoms with Crippen LogP contribution in [0.3, 0.4) is 0 Å². The lowest BCUT2D eigenvalue weighted by Gasteiger charge is -2.39. The van der Waals surface area contributed by atoms with Crippen LogP contribution >= 0.6 is 0 Å². The normalized spacial score (nSPS) is 24.7. The van der Waals surface area contributed by atoms with Gasteiger partial charge in [-0.25, -0.2) is 4.79 Å². The molecule has 0 amide bonds. The van der Waals surface area contributed by atoms with Crippen molar-refractivity contribution in [2.24, 2.45) is 16.9 Å². The van der Waals surface area contributed by atoms with Gasteiger partial charge in [0.1, 0.15) is 5.60 Å². The van der Waals surface area contributed by atoms with Gasteiger partial charge in [0.05, 0.1) is 26.4 Å². The van der Waals surface area contributed by atoms with Crippen LogP contribution in [-0.2, 0) is 23.8 Å². The molecule has 0 fully saturated rings. The molecule has 0 saturated carbocycles. The average Bonchev–Trinajstić information content (AvgIpc) is 2.50. The molecular weight excluding hydrogens is 288 g/mol. The van der Waals surface area contributed by atoms with Crippen molar-refractivity contribution >= 4 is 18.2 Å². The van der Waals surface area contributed by atoms with Crippen molar-refractivity contribution in [2.75, 3.05) is 28.3 Å². The molecule has 1 aliphatic heterocycles. The topological polar surface area (TPSA) is 77.4 Å². The number of esters is 2. The van der Waals surface area contributed by atoms with Crippen LogP contribution in [0.4, 0.5) is 0 Å². The summed E-state index contributed by atoms with van der Waals surface area (Å²) in [5.41, 5.74) is -0.887. The fraction of sp³-hybridized carbons (Fsp3) is 0.667. The molecule has 124 valence electrons. The van der Waals surface area contributed by atoms with E-state index >= 15 is 0 Å². The second-order valence-electron chi connectivity index (χ2n) is 5.66. The van der Waals surface area contributed by atoms with Crippen molar-refractivity contribution in [1.29, 1.82) is 0 Å². The van der Waals surface area contributed by atoms with E-state index in [9.17, 15) is 9.59 Å². The van der Waals surface area contributed by atoms with Crippen molar-refractivity contribution in [1.82, 2.24) is 5.01 Å². The predicted molar refractivity (Wildman–Crippen MR) is 81.1 cm³/mol. The highest BCUT2D eigenvalue weighted by molar-refractivity contribution is 5.89. The highest BCUT2D eigenvalue weighted by atomic mass is 16.6. The van der Waals surface area contributed by atoms with Crippen molar-refractivity contribution in [3.8, 4) is 0 Å². The molecule has 0 aliphatic carbocycles. The van der Waals surface area contributed by atoms with Crippen LogP contribution in [0, 0.1) is 11.8 Å². The van der Waals surface area contributed by atoms with Crippen LogP contribution in [0.25, 0.3) is 0 Å². The van der Waals surface area contributed by atoms with Crippen LogP contribution in [0.5, 0.6) is 0 Å². The first-order valence-electron chi connectivity index (χ1n) is 7.05. The minimum absolute atomic E-state index is 0.00283. The standard InChI is InChI=1S/C15H24N2O5/c1-10(2)15(9-16-17(3)4)8-11(13(18)20-5)7-12(22-15)14(19)21-6/h7,9-11H,8H2,1-6H3/b16-9+. The summed E-state index contributed by atoms with van der Waals surface area (Å²) < 4.78 is 15.4. The molecule has 0 radical (unpaired) electrons. The number of ether oxygens (including phenoxy) is 3. The quantitative estimate of drug-likeness (QED) is 0.431. The van der Waals surface area contributed by atoms with E-state index < -0.39 is 23.5 Å². The van der Waals surface area contributed by atoms with Crippen LogP contribution in [0.2, 0.25) is 0 Å². The molecule has 7 heteroatoms. The van der Waals surface area contributed by atoms with Gasteiger partial charge in [-0.3, -0.25) is 4.79 Å². The first-order chi connectivity index (χ1) is 10.3. The molecule has 7 nitrogen and oxygen atoms in total. The number of carbonyl (C=O) groups excluding carboxylic acids is 2. The second kappa shape index (κ2) is 7.29. The first-order valence-corrected chi connectivity index (χ1v) is 7.05. The third kappa shape index (κ3) is 3.99. The minimum atomic E-state index is -0.887. The molecule has 1 aliphatic rings. The Morgan fingerprint density at radius 3 is 2.50 bits per heavy atom. The van der Waals surface area contributed by atoms with E-state index in [1.807, 2.05) is 13.8 Å². The number of hydrogen-bond donors (Lipinski definition) is 0. The number of carbonyl (C=O) groups is 2. The molecule has 0 bridgehead atoms. The lowest BCUT2D eigenvalue weighted by atomic mass is 9.80. The Morgan fingerprint density at radius 2 is 2.05 bits per heavy atom. The Balaban J connectivity index is 3.26. The van der Waals surface area contributed by atoms with Gasteiger partial charge in [0.15, 0.2) is 0 Å². The molecule has 0 saturated heterocycles. The van der Waals surface area contributed by atoms with E-state index in [1.54, 1.807) is 25.3 Å². The fourth-order valence-corrected chi connectivity index (χ4v) is 2.17. The lowest BCUT2D eigenvalue weighted by molar-refractivity contribution is -0.150. The molecule has 1 rings (SSSR count). The highest BCUT2D eigenvalue weighted by Gasteiger charge is 2.44. The van der Waals surface area contributed by atoms with E-state index in [0.717, 1.165) is 0 Å². The van der Waals surface area contributed by atoms with Crippen molar-refractivity contribution in [3.63, 3.8) is 0 Å². The maximum Gasteiger partial charge on any atom is 0.373 e. The monoisotopic (exact) mass is 312 g/mol. The van der Waals surface area contributed by atoms with Gasteiger partial charge in [-0.15, -0.1) is 0 Å². The second-order valence-corrected chi connectivity index (χ2v) is 5.66. The smallest absolute Gasteiger partial charge is 0.373 e. The Labute approximate surface area is 130 Å². The third-order valence-corrected chi connectivity index (χ3v) is 3.57. The van der Waals surface area contributed by atoms with Gasteiger partial charge >= 0.3 is 11.9 Å². The highest BCUT2D eigenvalue weighted by Crippen LogP contribution is 2.36. The van der Waals surface area contributed by atoms with E-state index in [4.69, 9.17) is 14.2 Å². The summed E-state index contributed by atoms with van der Waals surface area (Å²) >= 11 is 0. The lowest BCUT2D eigenvalue weighted by Crippen LogP contribution is -2.47. The zero-order chi connectivity index (χ0) is 16.9. The molecule has 2 unspecified atom stereocenters. The Morgan fingerprint density at radius 1 is 1.41 bits per heavy atom. The molecule has 0 N–H and O–H groups in total. The van der Waals surface area contributed by atoms with Gasteiger partial charge < -0.3 is 19.2 Å². The Kier molecular flexibility index (Phi) is 5.96. The average molecular weight is 312 g/mol. The number of nitrogens with zero attached hydrogens (tertiary/aromatic N) is 2. The van der Waals surface area contributed by atoms with Crippen molar-refractivity contribution in [2.45, 2.75) is 25.9 Å². The van der Waals surface area contributed by atoms with Gasteiger partial charge in [-0.2, -0.15) is 5.10 Å². The summed E-state index contributed by atoms with van der Waals surface area (Å²) in [5, 5.41) is 5.85. The number of methoxy groups -OCH3 is 2. The molecule has 0 aromatic rings. The zero-order valence-electron chi connectivity index (χ0n) is 14.0. The minimum Gasteiger partial charge on any atom is -0.474 e. The predicted octanol–water partition coefficient (Wildman–Crippen LogP) is 1.19.